The third-order valence-electron chi connectivity index (χ3n) is 7.50. The van der Waals surface area contributed by atoms with E-state index in [-0.39, 0.29) is 13.2 Å². The number of fused-ring (bicyclic) bond motifs is 4. The molecule has 0 aromatic heterocycles. The summed E-state index contributed by atoms with van der Waals surface area (Å²) >= 11 is 0. The van der Waals surface area contributed by atoms with Crippen molar-refractivity contribution in [2.24, 2.45) is 0 Å². The van der Waals surface area contributed by atoms with E-state index in [1.807, 2.05) is 24.3 Å². The van der Waals surface area contributed by atoms with Crippen molar-refractivity contribution in [2.45, 2.75) is 20.1 Å². The van der Waals surface area contributed by atoms with Crippen LogP contribution in [0, 0.1) is 0 Å². The molecule has 0 aliphatic heterocycles. The van der Waals surface area contributed by atoms with Crippen LogP contribution in [-0.2, 0) is 32.3 Å². The van der Waals surface area contributed by atoms with Crippen molar-refractivity contribution in [2.75, 3.05) is 0 Å². The summed E-state index contributed by atoms with van der Waals surface area (Å²) in [5, 5.41) is 8.50. The van der Waals surface area contributed by atoms with Gasteiger partial charge in [-0.1, -0.05) is 86.0 Å². The van der Waals surface area contributed by atoms with Gasteiger partial charge >= 0.3 is 11.9 Å². The lowest BCUT2D eigenvalue weighted by Gasteiger charge is -2.15. The van der Waals surface area contributed by atoms with E-state index in [1.165, 1.54) is 6.08 Å². The van der Waals surface area contributed by atoms with Gasteiger partial charge in [0.2, 0.25) is 0 Å². The molecule has 4 heteroatoms. The van der Waals surface area contributed by atoms with Crippen molar-refractivity contribution in [3.05, 3.63) is 133 Å². The molecule has 0 bridgehead atoms. The minimum atomic E-state index is -0.444. The molecule has 0 unspecified atom stereocenters. The van der Waals surface area contributed by atoms with Gasteiger partial charge in [-0.25, -0.2) is 9.59 Å². The summed E-state index contributed by atoms with van der Waals surface area (Å²) in [6.45, 7) is 9.21. The summed E-state index contributed by atoms with van der Waals surface area (Å²) in [4.78, 5) is 24.0. The van der Waals surface area contributed by atoms with Gasteiger partial charge in [-0.15, -0.1) is 0 Å². The maximum absolute atomic E-state index is 12.2. The molecule has 0 saturated carbocycles. The zero-order valence-electron chi connectivity index (χ0n) is 22.8. The highest BCUT2D eigenvalue weighted by atomic mass is 16.5. The molecule has 41 heavy (non-hydrogen) atoms. The zero-order valence-corrected chi connectivity index (χ0v) is 22.8. The number of hydrogen-bond donors (Lipinski definition) is 0. The predicted octanol–water partition coefficient (Wildman–Crippen LogP) is 8.81. The number of esters is 2. The molecule has 0 fully saturated rings. The molecule has 0 aliphatic carbocycles. The number of rotatable bonds is 7. The molecule has 200 valence electrons. The first-order valence-electron chi connectivity index (χ1n) is 13.4. The lowest BCUT2D eigenvalue weighted by molar-refractivity contribution is -0.140. The maximum atomic E-state index is 12.2. The standard InChI is InChI=1S/C37H28O4/c1-4-36(38)40-21-34-30-11-7-5-9-26(30)19-28-17-24(13-15-32(28)34)25-14-16-33-29(18-25)20-27-10-6-8-12-31(27)35(33)22-41-37(39)23(2)3/h4-20H,1-2,21-22H2,3H3. The van der Waals surface area contributed by atoms with Crippen molar-refractivity contribution in [3.8, 4) is 11.1 Å². The van der Waals surface area contributed by atoms with Crippen molar-refractivity contribution < 1.29 is 19.1 Å². The second-order valence-electron chi connectivity index (χ2n) is 10.2. The van der Waals surface area contributed by atoms with E-state index in [4.69, 9.17) is 9.47 Å². The molecule has 0 spiro atoms. The van der Waals surface area contributed by atoms with Crippen LogP contribution < -0.4 is 0 Å². The molecule has 0 aliphatic rings. The Morgan fingerprint density at radius 3 is 1.59 bits per heavy atom. The highest BCUT2D eigenvalue weighted by Crippen LogP contribution is 2.35. The molecule has 6 rings (SSSR count). The molecule has 0 atom stereocenters. The van der Waals surface area contributed by atoms with Crippen LogP contribution in [-0.4, -0.2) is 11.9 Å². The molecule has 6 aromatic carbocycles. The quantitative estimate of drug-likeness (QED) is 0.116. The Balaban J connectivity index is 1.46. The van der Waals surface area contributed by atoms with Crippen LogP contribution in [0.25, 0.3) is 54.2 Å². The molecule has 0 heterocycles. The summed E-state index contributed by atoms with van der Waals surface area (Å²) in [6, 6.07) is 33.4. The van der Waals surface area contributed by atoms with E-state index in [2.05, 4.69) is 86.0 Å². The summed E-state index contributed by atoms with van der Waals surface area (Å²) in [5.74, 6) is -0.842. The van der Waals surface area contributed by atoms with Gasteiger partial charge in [0.25, 0.3) is 0 Å². The maximum Gasteiger partial charge on any atom is 0.333 e. The van der Waals surface area contributed by atoms with Crippen LogP contribution in [0.2, 0.25) is 0 Å². The second-order valence-corrected chi connectivity index (χ2v) is 10.2. The van der Waals surface area contributed by atoms with Crippen LogP contribution in [0.4, 0.5) is 0 Å². The Morgan fingerprint density at radius 1 is 0.634 bits per heavy atom. The van der Waals surface area contributed by atoms with Gasteiger partial charge in [-0.05, 0) is 85.4 Å². The summed E-state index contributed by atoms with van der Waals surface area (Å²) in [5.41, 5.74) is 4.48. The van der Waals surface area contributed by atoms with Gasteiger partial charge in [0.1, 0.15) is 13.2 Å². The fourth-order valence-corrected chi connectivity index (χ4v) is 5.47. The molecule has 0 amide bonds. The Kier molecular flexibility index (Phi) is 6.82. The summed E-state index contributed by atoms with van der Waals surface area (Å²) < 4.78 is 11.0. The minimum Gasteiger partial charge on any atom is -0.458 e. The fraction of sp³-hybridized carbons (Fsp3) is 0.0811. The van der Waals surface area contributed by atoms with Gasteiger partial charge in [0, 0.05) is 22.8 Å². The van der Waals surface area contributed by atoms with Crippen molar-refractivity contribution >= 4 is 55.0 Å². The lowest BCUT2D eigenvalue weighted by atomic mass is 9.92. The molecule has 0 saturated heterocycles. The fourth-order valence-electron chi connectivity index (χ4n) is 5.47. The number of hydrogen-bond acceptors (Lipinski definition) is 4. The average molecular weight is 537 g/mol. The highest BCUT2D eigenvalue weighted by molar-refractivity contribution is 6.06. The molecular weight excluding hydrogens is 508 g/mol. The van der Waals surface area contributed by atoms with Gasteiger partial charge < -0.3 is 9.47 Å². The first kappa shape index (κ1) is 26.0. The minimum absolute atomic E-state index is 0.170. The highest BCUT2D eigenvalue weighted by Gasteiger charge is 2.14. The smallest absolute Gasteiger partial charge is 0.333 e. The lowest BCUT2D eigenvalue weighted by Crippen LogP contribution is -2.05. The molecule has 4 nitrogen and oxygen atoms in total. The van der Waals surface area contributed by atoms with E-state index < -0.39 is 11.9 Å². The third-order valence-corrected chi connectivity index (χ3v) is 7.50. The Hall–Kier alpha value is -5.22. The van der Waals surface area contributed by atoms with Crippen LogP contribution >= 0.6 is 0 Å². The van der Waals surface area contributed by atoms with Gasteiger partial charge in [-0.2, -0.15) is 0 Å². The van der Waals surface area contributed by atoms with E-state index >= 15 is 0 Å². The second kappa shape index (κ2) is 10.7. The average Bonchev–Trinajstić information content (AvgIpc) is 3.00. The van der Waals surface area contributed by atoms with Crippen molar-refractivity contribution in [1.82, 2.24) is 0 Å². The number of carbonyl (C=O) groups excluding carboxylic acids is 2. The summed E-state index contributed by atoms with van der Waals surface area (Å²) in [7, 11) is 0. The topological polar surface area (TPSA) is 52.6 Å². The third kappa shape index (κ3) is 4.96. The monoisotopic (exact) mass is 536 g/mol. The molecule has 6 aromatic rings. The molecular formula is C37H28O4. The number of carbonyl (C=O) groups is 2. The summed E-state index contributed by atoms with van der Waals surface area (Å²) in [6.07, 6.45) is 1.18. The number of benzene rings is 6. The van der Waals surface area contributed by atoms with Crippen LogP contribution in [0.1, 0.15) is 18.1 Å². The van der Waals surface area contributed by atoms with Crippen molar-refractivity contribution in [1.29, 1.82) is 0 Å². The Bertz CT molecular complexity index is 2030. The molecule has 0 N–H and O–H groups in total. The first-order valence-corrected chi connectivity index (χ1v) is 13.4. The van der Waals surface area contributed by atoms with E-state index in [9.17, 15) is 9.59 Å². The van der Waals surface area contributed by atoms with Gasteiger partial charge in [-0.3, -0.25) is 0 Å². The zero-order chi connectivity index (χ0) is 28.5. The van der Waals surface area contributed by atoms with E-state index in [1.54, 1.807) is 6.92 Å². The number of ether oxygens (including phenoxy) is 2. The Morgan fingerprint density at radius 2 is 1.10 bits per heavy atom. The van der Waals surface area contributed by atoms with E-state index in [0.717, 1.165) is 65.3 Å². The van der Waals surface area contributed by atoms with Crippen LogP contribution in [0.15, 0.2) is 122 Å². The Labute approximate surface area is 238 Å². The molecule has 0 radical (unpaired) electrons. The normalized spacial score (nSPS) is 11.1. The van der Waals surface area contributed by atoms with Gasteiger partial charge in [0.15, 0.2) is 0 Å². The van der Waals surface area contributed by atoms with Crippen molar-refractivity contribution in [3.63, 3.8) is 0 Å². The largest absolute Gasteiger partial charge is 0.458 e. The van der Waals surface area contributed by atoms with Crippen LogP contribution in [0.5, 0.6) is 0 Å². The van der Waals surface area contributed by atoms with Crippen LogP contribution in [0.3, 0.4) is 0 Å². The SMILES string of the molecule is C=CC(=O)OCc1c2ccccc2cc2cc(-c3ccc4c(COC(=O)C(=C)C)c5ccccc5cc4c3)ccc12. The van der Waals surface area contributed by atoms with E-state index in [0.29, 0.717) is 5.57 Å². The predicted molar refractivity (Wildman–Crippen MR) is 167 cm³/mol. The van der Waals surface area contributed by atoms with Gasteiger partial charge in [0.05, 0.1) is 0 Å². The first-order chi connectivity index (χ1) is 19.9.